The maximum atomic E-state index is 12.4. The van der Waals surface area contributed by atoms with Crippen LogP contribution >= 0.6 is 0 Å². The monoisotopic (exact) mass is 367 g/mol. The van der Waals surface area contributed by atoms with Crippen LogP contribution in [0.2, 0.25) is 0 Å². The molecule has 138 valence electrons. The minimum atomic E-state index is -3.58. The highest BCUT2D eigenvalue weighted by atomic mass is 32.2. The van der Waals surface area contributed by atoms with Crippen molar-refractivity contribution < 1.29 is 18.0 Å². The Hall–Kier alpha value is -1.93. The van der Waals surface area contributed by atoms with Crippen LogP contribution < -0.4 is 15.4 Å². The van der Waals surface area contributed by atoms with Gasteiger partial charge in [-0.1, -0.05) is 0 Å². The molecule has 1 fully saturated rings. The van der Waals surface area contributed by atoms with Gasteiger partial charge in [0.15, 0.2) is 0 Å². The quantitative estimate of drug-likeness (QED) is 0.708. The molecule has 2 amide bonds. The predicted molar refractivity (Wildman–Crippen MR) is 95.4 cm³/mol. The molecule has 1 aromatic carbocycles. The van der Waals surface area contributed by atoms with E-state index in [9.17, 15) is 18.0 Å². The smallest absolute Gasteiger partial charge is 0.240 e. The number of hydrogen-bond donors (Lipinski definition) is 3. The Morgan fingerprint density at radius 2 is 1.68 bits per heavy atom. The molecule has 2 rings (SSSR count). The van der Waals surface area contributed by atoms with Crippen molar-refractivity contribution >= 4 is 27.5 Å². The number of benzene rings is 1. The Bertz CT molecular complexity index is 708. The molecule has 1 aliphatic rings. The lowest BCUT2D eigenvalue weighted by Crippen LogP contribution is -2.34. The third kappa shape index (κ3) is 5.54. The molecule has 0 aliphatic heterocycles. The molecule has 0 unspecified atom stereocenters. The van der Waals surface area contributed by atoms with Crippen molar-refractivity contribution in [3.8, 4) is 0 Å². The molecule has 25 heavy (non-hydrogen) atoms. The fraction of sp³-hybridized carbons (Fsp3) is 0.529. The molecule has 3 N–H and O–H groups in total. The largest absolute Gasteiger partial charge is 0.359 e. The Morgan fingerprint density at radius 3 is 2.20 bits per heavy atom. The second-order valence-corrected chi connectivity index (χ2v) is 8.16. The average Bonchev–Trinajstić information content (AvgIpc) is 2.60. The highest BCUT2D eigenvalue weighted by molar-refractivity contribution is 7.89. The van der Waals surface area contributed by atoms with E-state index in [4.69, 9.17) is 0 Å². The number of sulfonamides is 1. The fourth-order valence-corrected chi connectivity index (χ4v) is 4.18. The van der Waals surface area contributed by atoms with Crippen molar-refractivity contribution in [2.75, 3.05) is 18.9 Å². The summed E-state index contributed by atoms with van der Waals surface area (Å²) in [5.74, 6) is 0.146. The standard InChI is InChI=1S/C17H25N3O4S/c1-12(21)20-15-7-9-16(10-8-15)25(23,24)19-11-13-3-5-14(6-4-13)17(22)18-2/h7-10,13-14,19H,3-6,11H2,1-2H3,(H,18,22)(H,20,21). The first kappa shape index (κ1) is 19.4. The van der Waals surface area contributed by atoms with E-state index in [0.717, 1.165) is 25.7 Å². The van der Waals surface area contributed by atoms with Crippen molar-refractivity contribution in [3.05, 3.63) is 24.3 Å². The van der Waals surface area contributed by atoms with Crippen molar-refractivity contribution in [1.29, 1.82) is 0 Å². The van der Waals surface area contributed by atoms with E-state index in [1.165, 1.54) is 19.1 Å². The first-order chi connectivity index (χ1) is 11.8. The van der Waals surface area contributed by atoms with E-state index in [-0.39, 0.29) is 28.5 Å². The van der Waals surface area contributed by atoms with Crippen molar-refractivity contribution in [2.24, 2.45) is 11.8 Å². The summed E-state index contributed by atoms with van der Waals surface area (Å²) in [4.78, 5) is 22.8. The number of rotatable bonds is 6. The molecule has 7 nitrogen and oxygen atoms in total. The van der Waals surface area contributed by atoms with Gasteiger partial charge in [0.25, 0.3) is 0 Å². The summed E-state index contributed by atoms with van der Waals surface area (Å²) in [5.41, 5.74) is 0.555. The van der Waals surface area contributed by atoms with Gasteiger partial charge in [-0.25, -0.2) is 13.1 Å². The predicted octanol–water partition coefficient (Wildman–Crippen LogP) is 1.48. The average molecular weight is 367 g/mol. The molecule has 0 bridgehead atoms. The Balaban J connectivity index is 1.87. The molecule has 0 aromatic heterocycles. The summed E-state index contributed by atoms with van der Waals surface area (Å²) in [6.07, 6.45) is 3.25. The van der Waals surface area contributed by atoms with Crippen molar-refractivity contribution in [3.63, 3.8) is 0 Å². The zero-order valence-electron chi connectivity index (χ0n) is 14.5. The molecule has 1 aliphatic carbocycles. The molecular formula is C17H25N3O4S. The van der Waals surface area contributed by atoms with Crippen LogP contribution in [-0.2, 0) is 19.6 Å². The van der Waals surface area contributed by atoms with Gasteiger partial charge in [0.05, 0.1) is 4.90 Å². The van der Waals surface area contributed by atoms with Crippen LogP contribution in [0.4, 0.5) is 5.69 Å². The summed E-state index contributed by atoms with van der Waals surface area (Å²) in [6.45, 7) is 1.77. The van der Waals surface area contributed by atoms with Crippen LogP contribution in [-0.4, -0.2) is 33.8 Å². The van der Waals surface area contributed by atoms with Gasteiger partial charge in [0.1, 0.15) is 0 Å². The number of amides is 2. The highest BCUT2D eigenvalue weighted by Gasteiger charge is 2.26. The first-order valence-electron chi connectivity index (χ1n) is 8.40. The van der Waals surface area contributed by atoms with Gasteiger partial charge >= 0.3 is 0 Å². The van der Waals surface area contributed by atoms with Gasteiger partial charge in [-0.2, -0.15) is 0 Å². The SMILES string of the molecule is CNC(=O)C1CCC(CNS(=O)(=O)c2ccc(NC(C)=O)cc2)CC1. The highest BCUT2D eigenvalue weighted by Crippen LogP contribution is 2.28. The van der Waals surface area contributed by atoms with E-state index in [2.05, 4.69) is 15.4 Å². The third-order valence-corrected chi connectivity index (χ3v) is 5.95. The maximum absolute atomic E-state index is 12.4. The normalized spacial score (nSPS) is 20.7. The van der Waals surface area contributed by atoms with Crippen molar-refractivity contribution in [2.45, 2.75) is 37.5 Å². The molecule has 0 saturated heterocycles. The lowest BCUT2D eigenvalue weighted by Gasteiger charge is -2.27. The lowest BCUT2D eigenvalue weighted by molar-refractivity contribution is -0.125. The van der Waals surface area contributed by atoms with Gasteiger partial charge in [-0.15, -0.1) is 0 Å². The zero-order valence-corrected chi connectivity index (χ0v) is 15.4. The Labute approximate surface area is 148 Å². The molecule has 0 heterocycles. The number of nitrogens with one attached hydrogen (secondary N) is 3. The third-order valence-electron chi connectivity index (χ3n) is 4.51. The molecule has 0 radical (unpaired) electrons. The van der Waals surface area contributed by atoms with Crippen LogP contribution in [0, 0.1) is 11.8 Å². The second kappa shape index (κ2) is 8.44. The van der Waals surface area contributed by atoms with Gasteiger partial charge in [-0.05, 0) is 55.9 Å². The van der Waals surface area contributed by atoms with Gasteiger partial charge in [0, 0.05) is 32.1 Å². The minimum Gasteiger partial charge on any atom is -0.359 e. The molecular weight excluding hydrogens is 342 g/mol. The molecule has 1 saturated carbocycles. The summed E-state index contributed by atoms with van der Waals surface area (Å²) in [5, 5.41) is 5.27. The van der Waals surface area contributed by atoms with E-state index < -0.39 is 10.0 Å². The fourth-order valence-electron chi connectivity index (χ4n) is 3.06. The molecule has 0 atom stereocenters. The van der Waals surface area contributed by atoms with Gasteiger partial charge in [0.2, 0.25) is 21.8 Å². The first-order valence-corrected chi connectivity index (χ1v) is 9.89. The van der Waals surface area contributed by atoms with Gasteiger partial charge < -0.3 is 10.6 Å². The molecule has 8 heteroatoms. The summed E-state index contributed by atoms with van der Waals surface area (Å²) >= 11 is 0. The number of hydrogen-bond acceptors (Lipinski definition) is 4. The topological polar surface area (TPSA) is 104 Å². The summed E-state index contributed by atoms with van der Waals surface area (Å²) in [6, 6.07) is 6.06. The number of carbonyl (C=O) groups is 2. The van der Waals surface area contributed by atoms with E-state index >= 15 is 0 Å². The number of anilines is 1. The summed E-state index contributed by atoms with van der Waals surface area (Å²) in [7, 11) is -1.94. The minimum absolute atomic E-state index is 0.0409. The zero-order chi connectivity index (χ0) is 18.4. The van der Waals surface area contributed by atoms with Crippen LogP contribution in [0.25, 0.3) is 0 Å². The van der Waals surface area contributed by atoms with Crippen molar-refractivity contribution in [1.82, 2.24) is 10.0 Å². The van der Waals surface area contributed by atoms with Crippen LogP contribution in [0.15, 0.2) is 29.2 Å². The summed E-state index contributed by atoms with van der Waals surface area (Å²) < 4.78 is 27.4. The maximum Gasteiger partial charge on any atom is 0.240 e. The Kier molecular flexibility index (Phi) is 6.55. The molecule has 1 aromatic rings. The van der Waals surface area contributed by atoms with Crippen LogP contribution in [0.3, 0.4) is 0 Å². The van der Waals surface area contributed by atoms with E-state index in [1.807, 2.05) is 0 Å². The van der Waals surface area contributed by atoms with Crippen LogP contribution in [0.1, 0.15) is 32.6 Å². The lowest BCUT2D eigenvalue weighted by atomic mass is 9.82. The van der Waals surface area contributed by atoms with E-state index in [0.29, 0.717) is 12.2 Å². The Morgan fingerprint density at radius 1 is 1.08 bits per heavy atom. The van der Waals surface area contributed by atoms with E-state index in [1.54, 1.807) is 19.2 Å². The van der Waals surface area contributed by atoms with Gasteiger partial charge in [-0.3, -0.25) is 9.59 Å². The molecule has 0 spiro atoms. The number of carbonyl (C=O) groups excluding carboxylic acids is 2. The second-order valence-electron chi connectivity index (χ2n) is 6.39. The van der Waals surface area contributed by atoms with Crippen LogP contribution in [0.5, 0.6) is 0 Å².